The molecule has 2 aromatic carbocycles. The van der Waals surface area contributed by atoms with E-state index in [1.165, 1.54) is 18.3 Å². The summed E-state index contributed by atoms with van der Waals surface area (Å²) in [5.74, 6) is -0.182. The fourth-order valence-corrected chi connectivity index (χ4v) is 4.14. The zero-order valence-corrected chi connectivity index (χ0v) is 18.4. The van der Waals surface area contributed by atoms with Crippen LogP contribution in [0.3, 0.4) is 0 Å². The average Bonchev–Trinajstić information content (AvgIpc) is 3.46. The van der Waals surface area contributed by atoms with E-state index in [2.05, 4.69) is 24.8 Å². The molecule has 0 spiro atoms. The molecular formula is C24H24FN7O. The number of benzene rings is 2. The van der Waals surface area contributed by atoms with Crippen LogP contribution in [0.1, 0.15) is 16.8 Å². The summed E-state index contributed by atoms with van der Waals surface area (Å²) in [4.78, 5) is 33.2. The number of aromatic amines is 1. The number of nitrogens with two attached hydrogens (primary N) is 1. The molecule has 1 atom stereocenters. The molecular weight excluding hydrogens is 421 g/mol. The molecule has 1 saturated heterocycles. The normalized spacial score (nSPS) is 16.1. The van der Waals surface area contributed by atoms with Crippen LogP contribution in [0.5, 0.6) is 0 Å². The molecule has 8 nitrogen and oxygen atoms in total. The minimum atomic E-state index is -0.588. The zero-order valence-electron chi connectivity index (χ0n) is 18.4. The number of anilines is 1. The summed E-state index contributed by atoms with van der Waals surface area (Å²) in [5, 5.41) is 0. The number of fused-ring (bicyclic) bond motifs is 1. The second kappa shape index (κ2) is 8.25. The predicted molar refractivity (Wildman–Crippen MR) is 125 cm³/mol. The molecule has 9 heteroatoms. The highest BCUT2D eigenvalue weighted by Gasteiger charge is 2.29. The Morgan fingerprint density at radius 2 is 2.03 bits per heavy atom. The molecule has 0 saturated carbocycles. The highest BCUT2D eigenvalue weighted by molar-refractivity contribution is 5.95. The number of nitrogens with one attached hydrogen (secondary N) is 1. The summed E-state index contributed by atoms with van der Waals surface area (Å²) in [7, 11) is 3.97. The van der Waals surface area contributed by atoms with Crippen molar-refractivity contribution in [3.63, 3.8) is 0 Å². The molecule has 0 radical (unpaired) electrons. The van der Waals surface area contributed by atoms with Crippen LogP contribution in [0.2, 0.25) is 0 Å². The van der Waals surface area contributed by atoms with Crippen LogP contribution in [0.15, 0.2) is 48.7 Å². The first-order valence-corrected chi connectivity index (χ1v) is 10.7. The van der Waals surface area contributed by atoms with Gasteiger partial charge in [0.2, 0.25) is 0 Å². The maximum absolute atomic E-state index is 15.0. The van der Waals surface area contributed by atoms with Crippen molar-refractivity contribution in [3.8, 4) is 22.8 Å². The number of nitrogens with zero attached hydrogens (tertiary/aromatic N) is 5. The summed E-state index contributed by atoms with van der Waals surface area (Å²) in [5.41, 5.74) is 9.07. The number of likely N-dealkylation sites (N-methyl/N-ethyl adjacent to an activating group) is 1. The number of carbonyl (C=O) groups excluding carboxylic acids is 1. The highest BCUT2D eigenvalue weighted by Crippen LogP contribution is 2.27. The van der Waals surface area contributed by atoms with Gasteiger partial charge in [-0.05, 0) is 44.8 Å². The molecule has 33 heavy (non-hydrogen) atoms. The number of halogens is 1. The van der Waals surface area contributed by atoms with Crippen molar-refractivity contribution in [2.45, 2.75) is 12.5 Å². The molecule has 2 aromatic heterocycles. The van der Waals surface area contributed by atoms with Gasteiger partial charge in [0.05, 0.1) is 28.5 Å². The van der Waals surface area contributed by atoms with Crippen molar-refractivity contribution in [3.05, 3.63) is 60.0 Å². The van der Waals surface area contributed by atoms with E-state index in [1.807, 2.05) is 38.4 Å². The number of likely N-dealkylation sites (tertiary alicyclic amines) is 1. The number of para-hydroxylation sites is 2. The van der Waals surface area contributed by atoms with E-state index in [9.17, 15) is 9.18 Å². The minimum absolute atomic E-state index is 0.0547. The van der Waals surface area contributed by atoms with Gasteiger partial charge < -0.3 is 20.5 Å². The summed E-state index contributed by atoms with van der Waals surface area (Å²) in [6.45, 7) is 1.21. The third-order valence-corrected chi connectivity index (χ3v) is 6.09. The predicted octanol–water partition coefficient (Wildman–Crippen LogP) is 3.18. The van der Waals surface area contributed by atoms with E-state index < -0.39 is 5.82 Å². The van der Waals surface area contributed by atoms with Crippen LogP contribution < -0.4 is 5.73 Å². The van der Waals surface area contributed by atoms with E-state index in [0.717, 1.165) is 17.5 Å². The van der Waals surface area contributed by atoms with Gasteiger partial charge in [-0.1, -0.05) is 18.2 Å². The Balaban J connectivity index is 1.44. The fourth-order valence-electron chi connectivity index (χ4n) is 4.14. The van der Waals surface area contributed by atoms with Crippen LogP contribution in [-0.4, -0.2) is 68.9 Å². The second-order valence-corrected chi connectivity index (χ2v) is 8.44. The number of hydrogen-bond donors (Lipinski definition) is 2. The lowest BCUT2D eigenvalue weighted by atomic mass is 10.1. The molecule has 168 valence electrons. The van der Waals surface area contributed by atoms with Crippen molar-refractivity contribution >= 4 is 22.8 Å². The largest absolute Gasteiger partial charge is 0.382 e. The third-order valence-electron chi connectivity index (χ3n) is 6.09. The fraction of sp³-hybridized carbons (Fsp3) is 0.250. The molecule has 3 heterocycles. The monoisotopic (exact) mass is 445 g/mol. The Morgan fingerprint density at radius 1 is 1.21 bits per heavy atom. The maximum atomic E-state index is 15.0. The summed E-state index contributed by atoms with van der Waals surface area (Å²) in [6, 6.07) is 12.4. The summed E-state index contributed by atoms with van der Waals surface area (Å²) in [6.07, 6.45) is 2.37. The lowest BCUT2D eigenvalue weighted by Gasteiger charge is -2.20. The molecule has 1 aliphatic rings. The number of amides is 1. The van der Waals surface area contributed by atoms with Crippen LogP contribution in [0.25, 0.3) is 33.8 Å². The average molecular weight is 446 g/mol. The highest BCUT2D eigenvalue weighted by atomic mass is 19.1. The quantitative estimate of drug-likeness (QED) is 0.500. The van der Waals surface area contributed by atoms with Gasteiger partial charge in [-0.15, -0.1) is 0 Å². The molecule has 0 aliphatic carbocycles. The van der Waals surface area contributed by atoms with Crippen molar-refractivity contribution in [1.82, 2.24) is 29.7 Å². The SMILES string of the molecule is CN(C)[C@H]1CCN(C(=O)c2ccc(-c3cnc(N)c(-c4nc5ccccc5[nH]4)n3)cc2F)C1. The number of rotatable bonds is 4. The molecule has 4 aromatic rings. The number of carbonyl (C=O) groups is 1. The first-order chi connectivity index (χ1) is 15.9. The van der Waals surface area contributed by atoms with Gasteiger partial charge in [0.15, 0.2) is 11.6 Å². The van der Waals surface area contributed by atoms with E-state index in [1.54, 1.807) is 11.0 Å². The van der Waals surface area contributed by atoms with E-state index >= 15 is 0 Å². The number of H-pyrrole nitrogens is 1. The van der Waals surface area contributed by atoms with Gasteiger partial charge in [-0.25, -0.2) is 19.3 Å². The molecule has 1 aliphatic heterocycles. The van der Waals surface area contributed by atoms with Crippen molar-refractivity contribution in [2.24, 2.45) is 0 Å². The van der Waals surface area contributed by atoms with E-state index in [4.69, 9.17) is 5.73 Å². The zero-order chi connectivity index (χ0) is 23.1. The molecule has 0 bridgehead atoms. The van der Waals surface area contributed by atoms with Gasteiger partial charge in [0.1, 0.15) is 11.5 Å². The third kappa shape index (κ3) is 3.91. The Kier molecular flexibility index (Phi) is 5.26. The van der Waals surface area contributed by atoms with Crippen LogP contribution in [-0.2, 0) is 0 Å². The Labute approximate surface area is 190 Å². The van der Waals surface area contributed by atoms with E-state index in [0.29, 0.717) is 35.9 Å². The lowest BCUT2D eigenvalue weighted by molar-refractivity contribution is 0.0778. The first-order valence-electron chi connectivity index (χ1n) is 10.7. The number of aromatic nitrogens is 4. The Bertz CT molecular complexity index is 1320. The summed E-state index contributed by atoms with van der Waals surface area (Å²) < 4.78 is 15.0. The molecule has 0 unspecified atom stereocenters. The standard InChI is InChI=1S/C24H24FN7O/c1-31(2)15-9-10-32(13-15)24(33)16-8-7-14(11-17(16)25)20-12-27-22(26)21(28-20)23-29-18-5-3-4-6-19(18)30-23/h3-8,11-12,15H,9-10,13H2,1-2H3,(H2,26,27)(H,29,30)/t15-/m0/s1. The number of imidazole rings is 1. The maximum Gasteiger partial charge on any atom is 0.256 e. The number of nitrogen functional groups attached to an aromatic ring is 1. The van der Waals surface area contributed by atoms with Crippen LogP contribution in [0.4, 0.5) is 10.2 Å². The Morgan fingerprint density at radius 3 is 2.76 bits per heavy atom. The summed E-state index contributed by atoms with van der Waals surface area (Å²) >= 11 is 0. The minimum Gasteiger partial charge on any atom is -0.382 e. The van der Waals surface area contributed by atoms with Gasteiger partial charge in [-0.2, -0.15) is 0 Å². The van der Waals surface area contributed by atoms with Gasteiger partial charge in [0.25, 0.3) is 5.91 Å². The number of hydrogen-bond acceptors (Lipinski definition) is 6. The van der Waals surface area contributed by atoms with Gasteiger partial charge in [-0.3, -0.25) is 4.79 Å². The van der Waals surface area contributed by atoms with Crippen LogP contribution in [0, 0.1) is 5.82 Å². The molecule has 5 rings (SSSR count). The van der Waals surface area contributed by atoms with Gasteiger partial charge >= 0.3 is 0 Å². The second-order valence-electron chi connectivity index (χ2n) is 8.44. The van der Waals surface area contributed by atoms with Crippen LogP contribution >= 0.6 is 0 Å². The van der Waals surface area contributed by atoms with Gasteiger partial charge in [0, 0.05) is 24.7 Å². The first kappa shape index (κ1) is 21.0. The molecule has 1 fully saturated rings. The lowest BCUT2D eigenvalue weighted by Crippen LogP contribution is -2.34. The van der Waals surface area contributed by atoms with E-state index in [-0.39, 0.29) is 23.3 Å². The smallest absolute Gasteiger partial charge is 0.256 e. The Hall–Kier alpha value is -3.85. The van der Waals surface area contributed by atoms with Crippen molar-refractivity contribution in [2.75, 3.05) is 32.9 Å². The topological polar surface area (TPSA) is 104 Å². The van der Waals surface area contributed by atoms with Crippen molar-refractivity contribution < 1.29 is 9.18 Å². The molecule has 1 amide bonds. The molecule has 3 N–H and O–H groups in total. The van der Waals surface area contributed by atoms with Crippen molar-refractivity contribution in [1.29, 1.82) is 0 Å².